The van der Waals surface area contributed by atoms with Gasteiger partial charge in [0, 0.05) is 19.3 Å². The van der Waals surface area contributed by atoms with Crippen LogP contribution in [0.3, 0.4) is 0 Å². The van der Waals surface area contributed by atoms with Crippen LogP contribution in [0.1, 0.15) is 310 Å². The Morgan fingerprint density at radius 2 is 0.487 bits per heavy atom. The molecule has 0 spiro atoms. The van der Waals surface area contributed by atoms with Gasteiger partial charge in [0.05, 0.1) is 0 Å². The van der Waals surface area contributed by atoms with Crippen LogP contribution in [0.4, 0.5) is 0 Å². The van der Waals surface area contributed by atoms with Crippen molar-refractivity contribution < 1.29 is 28.6 Å². The van der Waals surface area contributed by atoms with Crippen LogP contribution in [0.5, 0.6) is 0 Å². The van der Waals surface area contributed by atoms with E-state index in [-0.39, 0.29) is 31.1 Å². The molecular weight excluding hydrogens is 985 g/mol. The van der Waals surface area contributed by atoms with E-state index in [1.54, 1.807) is 0 Å². The van der Waals surface area contributed by atoms with E-state index < -0.39 is 6.10 Å². The molecule has 6 nitrogen and oxygen atoms in total. The highest BCUT2D eigenvalue weighted by atomic mass is 16.6. The Morgan fingerprint density at radius 1 is 0.263 bits per heavy atom. The van der Waals surface area contributed by atoms with Crippen molar-refractivity contribution in [3.8, 4) is 0 Å². The summed E-state index contributed by atoms with van der Waals surface area (Å²) in [6.07, 6.45) is 93.6. The molecule has 0 aromatic heterocycles. The van der Waals surface area contributed by atoms with Crippen molar-refractivity contribution in [3.05, 3.63) is 122 Å². The molecule has 1 atom stereocenters. The van der Waals surface area contributed by atoms with Crippen LogP contribution < -0.4 is 0 Å². The first-order valence-electron chi connectivity index (χ1n) is 33.5. The third kappa shape index (κ3) is 64.6. The number of carbonyl (C=O) groups excluding carboxylic acids is 3. The lowest BCUT2D eigenvalue weighted by molar-refractivity contribution is -0.167. The molecule has 0 bridgehead atoms. The van der Waals surface area contributed by atoms with E-state index in [1.165, 1.54) is 141 Å². The van der Waals surface area contributed by atoms with Gasteiger partial charge in [0.1, 0.15) is 13.2 Å². The zero-order chi connectivity index (χ0) is 57.8. The zero-order valence-corrected chi connectivity index (χ0v) is 52.3. The average Bonchev–Trinajstić information content (AvgIpc) is 3.46. The third-order valence-corrected chi connectivity index (χ3v) is 14.2. The van der Waals surface area contributed by atoms with Gasteiger partial charge in [-0.15, -0.1) is 0 Å². The van der Waals surface area contributed by atoms with E-state index in [1.807, 2.05) is 0 Å². The highest BCUT2D eigenvalue weighted by Crippen LogP contribution is 2.17. The van der Waals surface area contributed by atoms with Gasteiger partial charge < -0.3 is 14.2 Å². The SMILES string of the molecule is CC/C=C\C/C=C\C/C=C\C/C=C\C/C=C\C/C=C\C/C=C\CCCCCCCCCCCCCC(=O)OCC(COC(=O)CCCCC/C=C\C/C=C\C/C=C\CC)OC(=O)CCCCCCCCCCCCCCCCCC. The molecule has 0 aliphatic heterocycles. The Hall–Kier alpha value is -4.19. The van der Waals surface area contributed by atoms with Gasteiger partial charge in [0.15, 0.2) is 6.10 Å². The van der Waals surface area contributed by atoms with Crippen LogP contribution in [0.2, 0.25) is 0 Å². The fourth-order valence-corrected chi connectivity index (χ4v) is 9.26. The number of esters is 3. The largest absolute Gasteiger partial charge is 0.462 e. The number of hydrogen-bond acceptors (Lipinski definition) is 6. The van der Waals surface area contributed by atoms with Crippen molar-refractivity contribution in [3.63, 3.8) is 0 Å². The first kappa shape index (κ1) is 75.8. The van der Waals surface area contributed by atoms with E-state index >= 15 is 0 Å². The lowest BCUT2D eigenvalue weighted by Crippen LogP contribution is -2.30. The maximum absolute atomic E-state index is 12.9. The summed E-state index contributed by atoms with van der Waals surface area (Å²) in [5.41, 5.74) is 0. The van der Waals surface area contributed by atoms with Crippen molar-refractivity contribution >= 4 is 17.9 Å². The molecule has 0 N–H and O–H groups in total. The molecule has 0 aromatic rings. The van der Waals surface area contributed by atoms with Crippen LogP contribution in [-0.4, -0.2) is 37.2 Å². The van der Waals surface area contributed by atoms with Crippen molar-refractivity contribution in [1.82, 2.24) is 0 Å². The van der Waals surface area contributed by atoms with Gasteiger partial charge in [-0.3, -0.25) is 14.4 Å². The minimum absolute atomic E-state index is 0.0878. The van der Waals surface area contributed by atoms with Crippen LogP contribution in [0, 0.1) is 0 Å². The molecule has 1 unspecified atom stereocenters. The van der Waals surface area contributed by atoms with E-state index in [4.69, 9.17) is 14.2 Å². The molecule has 0 aliphatic rings. The molecule has 0 aromatic carbocycles. The van der Waals surface area contributed by atoms with Crippen LogP contribution in [-0.2, 0) is 28.6 Å². The van der Waals surface area contributed by atoms with Crippen LogP contribution in [0.15, 0.2) is 122 Å². The molecule has 0 amide bonds. The van der Waals surface area contributed by atoms with Crippen molar-refractivity contribution in [2.75, 3.05) is 13.2 Å². The van der Waals surface area contributed by atoms with Gasteiger partial charge in [0.25, 0.3) is 0 Å². The van der Waals surface area contributed by atoms with Crippen LogP contribution >= 0.6 is 0 Å². The van der Waals surface area contributed by atoms with Crippen molar-refractivity contribution in [1.29, 1.82) is 0 Å². The molecule has 0 radical (unpaired) electrons. The summed E-state index contributed by atoms with van der Waals surface area (Å²) < 4.78 is 16.9. The number of ether oxygens (including phenoxy) is 3. The number of carbonyl (C=O) groups is 3. The Labute approximate surface area is 494 Å². The number of allylic oxidation sites excluding steroid dienone is 20. The summed E-state index contributed by atoms with van der Waals surface area (Å²) in [6, 6.07) is 0. The maximum atomic E-state index is 12.9. The first-order valence-corrected chi connectivity index (χ1v) is 33.5. The molecule has 0 aliphatic carbocycles. The fourth-order valence-electron chi connectivity index (χ4n) is 9.26. The first-order chi connectivity index (χ1) is 39.5. The second kappa shape index (κ2) is 67.3. The predicted molar refractivity (Wildman–Crippen MR) is 348 cm³/mol. The zero-order valence-electron chi connectivity index (χ0n) is 52.3. The number of rotatable bonds is 60. The van der Waals surface area contributed by atoms with Gasteiger partial charge >= 0.3 is 17.9 Å². The molecule has 0 heterocycles. The van der Waals surface area contributed by atoms with E-state index in [2.05, 4.69) is 142 Å². The van der Waals surface area contributed by atoms with Gasteiger partial charge in [-0.1, -0.05) is 303 Å². The summed E-state index contributed by atoms with van der Waals surface area (Å²) in [5.74, 6) is -0.911. The highest BCUT2D eigenvalue weighted by molar-refractivity contribution is 5.71. The number of unbranched alkanes of at least 4 members (excludes halogenated alkanes) is 29. The lowest BCUT2D eigenvalue weighted by atomic mass is 10.0. The van der Waals surface area contributed by atoms with Crippen molar-refractivity contribution in [2.45, 2.75) is 316 Å². The van der Waals surface area contributed by atoms with Gasteiger partial charge in [-0.2, -0.15) is 0 Å². The summed E-state index contributed by atoms with van der Waals surface area (Å²) in [6.45, 7) is 6.41. The molecule has 456 valence electrons. The molecule has 0 rings (SSSR count). The normalized spacial score (nSPS) is 12.9. The molecule has 0 saturated heterocycles. The highest BCUT2D eigenvalue weighted by Gasteiger charge is 2.19. The van der Waals surface area contributed by atoms with Gasteiger partial charge in [-0.25, -0.2) is 0 Å². The average molecular weight is 1110 g/mol. The number of hydrogen-bond donors (Lipinski definition) is 0. The summed E-state index contributed by atoms with van der Waals surface area (Å²) >= 11 is 0. The Balaban J connectivity index is 4.24. The van der Waals surface area contributed by atoms with Crippen LogP contribution in [0.25, 0.3) is 0 Å². The van der Waals surface area contributed by atoms with E-state index in [9.17, 15) is 14.4 Å². The molecule has 6 heteroatoms. The lowest BCUT2D eigenvalue weighted by Gasteiger charge is -2.18. The standard InChI is InChI=1S/C74H124O6/c1-4-7-10-13-16-19-22-25-27-29-30-31-32-33-34-35-36-37-38-39-40-41-42-43-44-45-47-49-52-55-58-61-64-67-73(76)79-70-71(69-78-72(75)66-63-60-57-54-51-48-24-21-18-15-12-9-6-3)80-74(77)68-65-62-59-56-53-50-46-28-26-23-20-17-14-11-8-5-2/h7,9-10,12,16,18-19,21,25,27,30-31,33-34,36-37,39-40,48,51,71H,4-6,8,11,13-15,17,20,22-24,26,28-29,32,35,38,41-47,49-50,52-70H2,1-3H3/b10-7-,12-9-,19-16-,21-18-,27-25-,31-30-,34-33-,37-36-,40-39-,51-48-. The second-order valence-corrected chi connectivity index (χ2v) is 22.0. The van der Waals surface area contributed by atoms with E-state index in [0.717, 1.165) is 128 Å². The quantitative estimate of drug-likeness (QED) is 0.0261. The molecule has 80 heavy (non-hydrogen) atoms. The Morgan fingerprint density at radius 3 is 0.775 bits per heavy atom. The molecule has 0 saturated carbocycles. The summed E-state index contributed by atoms with van der Waals surface area (Å²) in [7, 11) is 0. The molecule has 0 fully saturated rings. The second-order valence-electron chi connectivity index (χ2n) is 22.0. The van der Waals surface area contributed by atoms with E-state index in [0.29, 0.717) is 19.3 Å². The Kier molecular flexibility index (Phi) is 63.8. The Bertz CT molecular complexity index is 1650. The van der Waals surface area contributed by atoms with Gasteiger partial charge in [0.2, 0.25) is 0 Å². The minimum atomic E-state index is -0.792. The third-order valence-electron chi connectivity index (χ3n) is 14.2. The minimum Gasteiger partial charge on any atom is -0.462 e. The summed E-state index contributed by atoms with van der Waals surface area (Å²) in [4.78, 5) is 38.3. The fraction of sp³-hybridized carbons (Fsp3) is 0.689. The monoisotopic (exact) mass is 1110 g/mol. The predicted octanol–water partition coefficient (Wildman–Crippen LogP) is 23.2. The smallest absolute Gasteiger partial charge is 0.306 e. The van der Waals surface area contributed by atoms with Gasteiger partial charge in [-0.05, 0) is 109 Å². The van der Waals surface area contributed by atoms with Crippen molar-refractivity contribution in [2.24, 2.45) is 0 Å². The molecular formula is C74H124O6. The topological polar surface area (TPSA) is 78.9 Å². The summed E-state index contributed by atoms with van der Waals surface area (Å²) in [5, 5.41) is 0. The maximum Gasteiger partial charge on any atom is 0.306 e.